The van der Waals surface area contributed by atoms with E-state index in [1.165, 1.54) is 0 Å². The van der Waals surface area contributed by atoms with E-state index in [9.17, 15) is 9.59 Å². The molecule has 0 radical (unpaired) electrons. The number of hydrogen-bond acceptors (Lipinski definition) is 2. The molecule has 2 amide bonds. The Morgan fingerprint density at radius 2 is 1.64 bits per heavy atom. The maximum Gasteiger partial charge on any atom is 0.251 e. The van der Waals surface area contributed by atoms with Gasteiger partial charge in [0.25, 0.3) is 5.91 Å². The normalized spacial score (nSPS) is 15.0. The van der Waals surface area contributed by atoms with Crippen LogP contribution in [0.3, 0.4) is 0 Å². The van der Waals surface area contributed by atoms with Crippen molar-refractivity contribution in [3.05, 3.63) is 70.7 Å². The molecule has 2 aromatic carbocycles. The summed E-state index contributed by atoms with van der Waals surface area (Å²) in [5.74, 6) is 0.0300. The second-order valence-corrected chi connectivity index (χ2v) is 6.67. The molecule has 4 nitrogen and oxygen atoms in total. The quantitative estimate of drug-likeness (QED) is 0.913. The number of amides is 2. The minimum Gasteiger partial charge on any atom is -0.349 e. The third-order valence-corrected chi connectivity index (χ3v) is 4.89. The second-order valence-electron chi connectivity index (χ2n) is 6.26. The van der Waals surface area contributed by atoms with Crippen LogP contribution in [-0.2, 0) is 11.2 Å². The van der Waals surface area contributed by atoms with Crippen LogP contribution in [0.15, 0.2) is 54.6 Å². The third-order valence-electron chi connectivity index (χ3n) is 4.52. The molecule has 25 heavy (non-hydrogen) atoms. The fourth-order valence-corrected chi connectivity index (χ4v) is 3.25. The van der Waals surface area contributed by atoms with E-state index < -0.39 is 0 Å². The molecule has 1 aliphatic rings. The predicted octanol–water partition coefficient (Wildman–Crippen LogP) is 3.30. The van der Waals surface area contributed by atoms with Gasteiger partial charge in [0.05, 0.1) is 6.42 Å². The van der Waals surface area contributed by atoms with Gasteiger partial charge in [-0.3, -0.25) is 9.59 Å². The van der Waals surface area contributed by atoms with Crippen LogP contribution >= 0.6 is 11.6 Å². The van der Waals surface area contributed by atoms with E-state index in [0.717, 1.165) is 18.4 Å². The number of halogens is 1. The number of likely N-dealkylation sites (tertiary alicyclic amines) is 1. The van der Waals surface area contributed by atoms with Gasteiger partial charge in [0.1, 0.15) is 0 Å². The number of nitrogens with one attached hydrogen (secondary N) is 1. The Labute approximate surface area is 152 Å². The summed E-state index contributed by atoms with van der Waals surface area (Å²) in [6.07, 6.45) is 1.86. The molecule has 5 heteroatoms. The molecule has 1 N–H and O–H groups in total. The Bertz CT molecular complexity index is 740. The maximum absolute atomic E-state index is 12.5. The van der Waals surface area contributed by atoms with Crippen LogP contribution in [0.1, 0.15) is 28.8 Å². The summed E-state index contributed by atoms with van der Waals surface area (Å²) in [6.45, 7) is 1.31. The second kappa shape index (κ2) is 8.17. The molecule has 1 saturated heterocycles. The van der Waals surface area contributed by atoms with Crippen molar-refractivity contribution in [1.82, 2.24) is 10.2 Å². The highest BCUT2D eigenvalue weighted by atomic mass is 35.5. The fraction of sp³-hybridized carbons (Fsp3) is 0.300. The van der Waals surface area contributed by atoms with Crippen LogP contribution < -0.4 is 5.32 Å². The standard InChI is InChI=1S/C20H21ClN2O2/c21-18-9-5-4-8-16(18)14-19(24)23-12-10-17(11-13-23)22-20(25)15-6-2-1-3-7-15/h1-9,17H,10-14H2,(H,22,25). The summed E-state index contributed by atoms with van der Waals surface area (Å²) in [4.78, 5) is 26.5. The Morgan fingerprint density at radius 3 is 2.32 bits per heavy atom. The zero-order chi connectivity index (χ0) is 17.6. The number of carbonyl (C=O) groups is 2. The number of hydrogen-bond donors (Lipinski definition) is 1. The van der Waals surface area contributed by atoms with Crippen molar-refractivity contribution in [2.75, 3.05) is 13.1 Å². The molecule has 130 valence electrons. The van der Waals surface area contributed by atoms with Gasteiger partial charge < -0.3 is 10.2 Å². The molecular formula is C20H21ClN2O2. The smallest absolute Gasteiger partial charge is 0.251 e. The lowest BCUT2D eigenvalue weighted by atomic mass is 10.0. The highest BCUT2D eigenvalue weighted by molar-refractivity contribution is 6.31. The lowest BCUT2D eigenvalue weighted by molar-refractivity contribution is -0.131. The van der Waals surface area contributed by atoms with Crippen LogP contribution in [0.2, 0.25) is 5.02 Å². The van der Waals surface area contributed by atoms with Crippen molar-refractivity contribution in [3.8, 4) is 0 Å². The van der Waals surface area contributed by atoms with Crippen molar-refractivity contribution >= 4 is 23.4 Å². The SMILES string of the molecule is O=C(NC1CCN(C(=O)Cc2ccccc2Cl)CC1)c1ccccc1. The lowest BCUT2D eigenvalue weighted by Gasteiger charge is -2.32. The molecule has 0 unspecified atom stereocenters. The zero-order valence-electron chi connectivity index (χ0n) is 14.0. The summed E-state index contributed by atoms with van der Waals surface area (Å²) < 4.78 is 0. The Kier molecular flexibility index (Phi) is 5.71. The van der Waals surface area contributed by atoms with Crippen LogP contribution in [0, 0.1) is 0 Å². The van der Waals surface area contributed by atoms with Crippen LogP contribution in [0.5, 0.6) is 0 Å². The van der Waals surface area contributed by atoms with E-state index in [2.05, 4.69) is 5.32 Å². The van der Waals surface area contributed by atoms with E-state index in [1.54, 1.807) is 18.2 Å². The Morgan fingerprint density at radius 1 is 1.00 bits per heavy atom. The summed E-state index contributed by atoms with van der Waals surface area (Å²) >= 11 is 6.13. The largest absolute Gasteiger partial charge is 0.349 e. The van der Waals surface area contributed by atoms with Crippen molar-refractivity contribution in [2.24, 2.45) is 0 Å². The average Bonchev–Trinajstić information content (AvgIpc) is 2.65. The molecule has 0 spiro atoms. The van der Waals surface area contributed by atoms with Crippen molar-refractivity contribution in [1.29, 1.82) is 0 Å². The number of rotatable bonds is 4. The van der Waals surface area contributed by atoms with E-state index in [-0.39, 0.29) is 17.9 Å². The van der Waals surface area contributed by atoms with E-state index in [0.29, 0.717) is 30.1 Å². The Hall–Kier alpha value is -2.33. The van der Waals surface area contributed by atoms with Gasteiger partial charge in [-0.05, 0) is 36.6 Å². The van der Waals surface area contributed by atoms with Gasteiger partial charge in [0.2, 0.25) is 5.91 Å². The molecule has 0 aliphatic carbocycles. The molecule has 0 bridgehead atoms. The minimum atomic E-state index is -0.0542. The van der Waals surface area contributed by atoms with Crippen molar-refractivity contribution < 1.29 is 9.59 Å². The number of carbonyl (C=O) groups excluding carboxylic acids is 2. The van der Waals surface area contributed by atoms with E-state index in [4.69, 9.17) is 11.6 Å². The van der Waals surface area contributed by atoms with Crippen LogP contribution in [0.4, 0.5) is 0 Å². The molecule has 0 aromatic heterocycles. The first-order valence-corrected chi connectivity index (χ1v) is 8.88. The zero-order valence-corrected chi connectivity index (χ0v) is 14.7. The first-order chi connectivity index (χ1) is 12.1. The van der Waals surface area contributed by atoms with Gasteiger partial charge in [0, 0.05) is 29.7 Å². The van der Waals surface area contributed by atoms with Crippen molar-refractivity contribution in [2.45, 2.75) is 25.3 Å². The lowest BCUT2D eigenvalue weighted by Crippen LogP contribution is -2.47. The van der Waals surface area contributed by atoms with Gasteiger partial charge in [-0.1, -0.05) is 48.0 Å². The summed E-state index contributed by atoms with van der Waals surface area (Å²) in [5.41, 5.74) is 1.52. The predicted molar refractivity (Wildman–Crippen MR) is 98.7 cm³/mol. The highest BCUT2D eigenvalue weighted by Gasteiger charge is 2.24. The highest BCUT2D eigenvalue weighted by Crippen LogP contribution is 2.18. The summed E-state index contributed by atoms with van der Waals surface area (Å²) in [6, 6.07) is 16.7. The molecule has 1 fully saturated rings. The topological polar surface area (TPSA) is 49.4 Å². The van der Waals surface area contributed by atoms with Gasteiger partial charge in [0.15, 0.2) is 0 Å². The van der Waals surface area contributed by atoms with Gasteiger partial charge in [-0.15, -0.1) is 0 Å². The van der Waals surface area contributed by atoms with Gasteiger partial charge >= 0.3 is 0 Å². The molecule has 0 saturated carbocycles. The molecule has 3 rings (SSSR count). The molecule has 2 aromatic rings. The van der Waals surface area contributed by atoms with E-state index in [1.807, 2.05) is 41.3 Å². The van der Waals surface area contributed by atoms with Crippen LogP contribution in [0.25, 0.3) is 0 Å². The Balaban J connectivity index is 1.49. The monoisotopic (exact) mass is 356 g/mol. The number of nitrogens with zero attached hydrogens (tertiary/aromatic N) is 1. The fourth-order valence-electron chi connectivity index (χ4n) is 3.05. The maximum atomic E-state index is 12.5. The first-order valence-electron chi connectivity index (χ1n) is 8.50. The number of benzene rings is 2. The first kappa shape index (κ1) is 17.5. The summed E-state index contributed by atoms with van der Waals surface area (Å²) in [7, 11) is 0. The van der Waals surface area contributed by atoms with E-state index >= 15 is 0 Å². The van der Waals surface area contributed by atoms with Gasteiger partial charge in [-0.2, -0.15) is 0 Å². The summed E-state index contributed by atoms with van der Waals surface area (Å²) in [5, 5.41) is 3.68. The minimum absolute atomic E-state index is 0.0542. The molecule has 0 atom stereocenters. The van der Waals surface area contributed by atoms with Crippen LogP contribution in [-0.4, -0.2) is 35.8 Å². The molecule has 1 heterocycles. The van der Waals surface area contributed by atoms with Gasteiger partial charge in [-0.25, -0.2) is 0 Å². The average molecular weight is 357 g/mol. The molecular weight excluding hydrogens is 336 g/mol. The number of piperidine rings is 1. The molecule has 1 aliphatic heterocycles. The van der Waals surface area contributed by atoms with Crippen molar-refractivity contribution in [3.63, 3.8) is 0 Å². The third kappa shape index (κ3) is 4.60.